The normalized spacial score (nSPS) is 10.8. The van der Waals surface area contributed by atoms with Crippen molar-refractivity contribution in [3.8, 4) is 0 Å². The van der Waals surface area contributed by atoms with E-state index in [1.54, 1.807) is 13.1 Å². The van der Waals surface area contributed by atoms with Crippen LogP contribution in [0.2, 0.25) is 0 Å². The molecule has 0 aliphatic carbocycles. The number of anilines is 2. The molecular weight excluding hydrogens is 254 g/mol. The third-order valence-electron chi connectivity index (χ3n) is 2.99. The molecule has 0 bridgehead atoms. The first-order valence-corrected chi connectivity index (χ1v) is 6.40. The number of nitrogens with one attached hydrogen (secondary N) is 1. The van der Waals surface area contributed by atoms with Crippen LogP contribution in [0.25, 0.3) is 10.9 Å². The summed E-state index contributed by atoms with van der Waals surface area (Å²) in [7, 11) is 0. The number of hydrogen-bond acceptors (Lipinski definition) is 6. The van der Waals surface area contributed by atoms with Gasteiger partial charge in [-0.15, -0.1) is 0 Å². The molecule has 0 aliphatic heterocycles. The average molecular weight is 269 g/mol. The summed E-state index contributed by atoms with van der Waals surface area (Å²) in [6, 6.07) is 7.65. The van der Waals surface area contributed by atoms with Crippen LogP contribution in [-0.4, -0.2) is 21.7 Å². The number of hydrogen-bond donors (Lipinski definition) is 2. The Morgan fingerprint density at radius 3 is 3.00 bits per heavy atom. The summed E-state index contributed by atoms with van der Waals surface area (Å²) >= 11 is 0. The highest BCUT2D eigenvalue weighted by atomic mass is 16.5. The van der Waals surface area contributed by atoms with E-state index < -0.39 is 0 Å². The van der Waals surface area contributed by atoms with Gasteiger partial charge in [0, 0.05) is 35.9 Å². The summed E-state index contributed by atoms with van der Waals surface area (Å²) in [5.41, 5.74) is 8.37. The highest BCUT2D eigenvalue weighted by molar-refractivity contribution is 5.92. The number of rotatable bonds is 4. The van der Waals surface area contributed by atoms with E-state index in [1.165, 1.54) is 0 Å². The number of aromatic nitrogens is 3. The van der Waals surface area contributed by atoms with E-state index in [1.807, 2.05) is 24.3 Å². The first-order valence-electron chi connectivity index (χ1n) is 6.40. The van der Waals surface area contributed by atoms with Gasteiger partial charge in [0.25, 0.3) is 0 Å². The van der Waals surface area contributed by atoms with Crippen molar-refractivity contribution >= 4 is 22.3 Å². The van der Waals surface area contributed by atoms with Gasteiger partial charge in [0.1, 0.15) is 0 Å². The van der Waals surface area contributed by atoms with Crippen molar-refractivity contribution in [1.82, 2.24) is 15.1 Å². The predicted molar refractivity (Wildman–Crippen MR) is 77.4 cm³/mol. The second-order valence-corrected chi connectivity index (χ2v) is 4.55. The first kappa shape index (κ1) is 12.4. The highest BCUT2D eigenvalue weighted by Crippen LogP contribution is 2.23. The molecule has 0 saturated heterocycles. The molecule has 6 nitrogen and oxygen atoms in total. The molecule has 0 aliphatic rings. The molecule has 0 spiro atoms. The van der Waals surface area contributed by atoms with Crippen molar-refractivity contribution in [2.24, 2.45) is 0 Å². The number of aryl methyl sites for hydroxylation is 1. The minimum Gasteiger partial charge on any atom is -0.399 e. The Hall–Kier alpha value is -2.63. The Morgan fingerprint density at radius 1 is 1.30 bits per heavy atom. The molecule has 0 radical (unpaired) electrons. The lowest BCUT2D eigenvalue weighted by molar-refractivity contribution is 0.377. The quantitative estimate of drug-likeness (QED) is 0.705. The zero-order valence-electron chi connectivity index (χ0n) is 11.1. The second kappa shape index (κ2) is 5.16. The van der Waals surface area contributed by atoms with Crippen LogP contribution in [0.1, 0.15) is 11.7 Å². The van der Waals surface area contributed by atoms with E-state index in [2.05, 4.69) is 20.4 Å². The molecule has 2 aromatic heterocycles. The molecule has 2 heterocycles. The number of nitrogens with zero attached hydrogens (tertiary/aromatic N) is 3. The van der Waals surface area contributed by atoms with Crippen LogP contribution >= 0.6 is 0 Å². The summed E-state index contributed by atoms with van der Waals surface area (Å²) in [6.07, 6.45) is 2.45. The molecule has 0 saturated carbocycles. The van der Waals surface area contributed by atoms with Gasteiger partial charge in [0.2, 0.25) is 5.89 Å². The smallest absolute Gasteiger partial charge is 0.228 e. The lowest BCUT2D eigenvalue weighted by Crippen LogP contribution is -2.05. The summed E-state index contributed by atoms with van der Waals surface area (Å²) in [6.45, 7) is 2.52. The summed E-state index contributed by atoms with van der Waals surface area (Å²) in [5.74, 6) is 1.29. The van der Waals surface area contributed by atoms with Crippen LogP contribution in [0.15, 0.2) is 35.0 Å². The lowest BCUT2D eigenvalue weighted by Gasteiger charge is -2.08. The molecule has 0 amide bonds. The third kappa shape index (κ3) is 2.54. The van der Waals surface area contributed by atoms with Crippen molar-refractivity contribution in [2.45, 2.75) is 13.3 Å². The van der Waals surface area contributed by atoms with Crippen LogP contribution in [-0.2, 0) is 6.42 Å². The maximum absolute atomic E-state index is 5.76. The van der Waals surface area contributed by atoms with E-state index in [-0.39, 0.29) is 0 Å². The zero-order valence-corrected chi connectivity index (χ0v) is 11.1. The summed E-state index contributed by atoms with van der Waals surface area (Å²) in [5, 5.41) is 8.17. The minimum absolute atomic E-state index is 0.637. The maximum atomic E-state index is 5.76. The number of fused-ring (bicyclic) bond motifs is 1. The predicted octanol–water partition coefficient (Wildman–Crippen LogP) is 2.16. The number of benzene rings is 1. The first-order chi connectivity index (χ1) is 9.72. The lowest BCUT2D eigenvalue weighted by atomic mass is 10.1. The van der Waals surface area contributed by atoms with Gasteiger partial charge in [-0.3, -0.25) is 4.98 Å². The monoisotopic (exact) mass is 269 g/mol. The van der Waals surface area contributed by atoms with E-state index in [9.17, 15) is 0 Å². The molecule has 1 aromatic carbocycles. The van der Waals surface area contributed by atoms with Gasteiger partial charge < -0.3 is 15.6 Å². The van der Waals surface area contributed by atoms with Gasteiger partial charge in [-0.1, -0.05) is 5.16 Å². The number of nitrogen functional groups attached to an aromatic ring is 1. The van der Waals surface area contributed by atoms with Gasteiger partial charge in [-0.25, -0.2) is 0 Å². The van der Waals surface area contributed by atoms with Crippen molar-refractivity contribution < 1.29 is 4.52 Å². The second-order valence-electron chi connectivity index (χ2n) is 4.55. The van der Waals surface area contributed by atoms with Crippen molar-refractivity contribution in [2.75, 3.05) is 17.6 Å². The van der Waals surface area contributed by atoms with Gasteiger partial charge in [0.05, 0.1) is 5.52 Å². The number of nitrogens with two attached hydrogens (primary N) is 1. The van der Waals surface area contributed by atoms with Crippen LogP contribution in [0.4, 0.5) is 11.4 Å². The molecule has 3 rings (SSSR count). The van der Waals surface area contributed by atoms with Crippen LogP contribution in [0, 0.1) is 6.92 Å². The fourth-order valence-electron chi connectivity index (χ4n) is 2.06. The number of pyridine rings is 1. The summed E-state index contributed by atoms with van der Waals surface area (Å²) < 4.78 is 5.08. The minimum atomic E-state index is 0.637. The van der Waals surface area contributed by atoms with Gasteiger partial charge in [-0.2, -0.15) is 4.98 Å². The molecule has 6 heteroatoms. The fraction of sp³-hybridized carbons (Fsp3) is 0.214. The molecule has 0 unspecified atom stereocenters. The van der Waals surface area contributed by atoms with Gasteiger partial charge in [0.15, 0.2) is 5.82 Å². The molecule has 20 heavy (non-hydrogen) atoms. The molecule has 3 aromatic rings. The standard InChI is InChI=1S/C14H15N5O/c1-9-18-14(20-19-9)5-7-16-12-4-6-17-13-8-10(15)2-3-11(12)13/h2-4,6,8H,5,7,15H2,1H3,(H,16,17). The third-order valence-corrected chi connectivity index (χ3v) is 2.99. The Morgan fingerprint density at radius 2 is 2.20 bits per heavy atom. The van der Waals surface area contributed by atoms with E-state index in [0.717, 1.165) is 16.6 Å². The Labute approximate surface area is 116 Å². The van der Waals surface area contributed by atoms with Crippen LogP contribution in [0.3, 0.4) is 0 Å². The Bertz CT molecular complexity index is 737. The molecular formula is C14H15N5O. The topological polar surface area (TPSA) is 89.9 Å². The summed E-state index contributed by atoms with van der Waals surface area (Å²) in [4.78, 5) is 8.48. The van der Waals surface area contributed by atoms with Crippen molar-refractivity contribution in [3.05, 3.63) is 42.2 Å². The SMILES string of the molecule is Cc1noc(CCNc2ccnc3cc(N)ccc23)n1. The largest absolute Gasteiger partial charge is 0.399 e. The molecule has 3 N–H and O–H groups in total. The Balaban J connectivity index is 1.74. The fourth-order valence-corrected chi connectivity index (χ4v) is 2.06. The van der Waals surface area contributed by atoms with E-state index in [0.29, 0.717) is 30.4 Å². The highest BCUT2D eigenvalue weighted by Gasteiger charge is 2.04. The average Bonchev–Trinajstić information content (AvgIpc) is 2.84. The molecule has 0 atom stereocenters. The maximum Gasteiger partial charge on any atom is 0.228 e. The van der Waals surface area contributed by atoms with Gasteiger partial charge >= 0.3 is 0 Å². The Kier molecular flexibility index (Phi) is 3.20. The van der Waals surface area contributed by atoms with E-state index in [4.69, 9.17) is 10.3 Å². The van der Waals surface area contributed by atoms with E-state index >= 15 is 0 Å². The van der Waals surface area contributed by atoms with Crippen LogP contribution < -0.4 is 11.1 Å². The molecule has 0 fully saturated rings. The zero-order chi connectivity index (χ0) is 13.9. The van der Waals surface area contributed by atoms with Gasteiger partial charge in [-0.05, 0) is 31.2 Å². The van der Waals surface area contributed by atoms with Crippen LogP contribution in [0.5, 0.6) is 0 Å². The van der Waals surface area contributed by atoms with Crippen molar-refractivity contribution in [3.63, 3.8) is 0 Å². The molecule has 102 valence electrons. The van der Waals surface area contributed by atoms with Crippen molar-refractivity contribution in [1.29, 1.82) is 0 Å².